The lowest BCUT2D eigenvalue weighted by molar-refractivity contribution is -0.167. The summed E-state index contributed by atoms with van der Waals surface area (Å²) in [6.07, 6.45) is 10.8. The van der Waals surface area contributed by atoms with E-state index in [1.54, 1.807) is 24.4 Å². The lowest BCUT2D eigenvalue weighted by Gasteiger charge is -2.38. The quantitative estimate of drug-likeness (QED) is 0.781. The van der Waals surface area contributed by atoms with E-state index in [0.717, 1.165) is 19.3 Å². The average Bonchev–Trinajstić information content (AvgIpc) is 2.72. The first-order valence-electron chi connectivity index (χ1n) is 8.07. The summed E-state index contributed by atoms with van der Waals surface area (Å²) >= 11 is 0. The number of carbonyl (C=O) groups is 2. The maximum atomic E-state index is 13.0. The Morgan fingerprint density at radius 1 is 1.17 bits per heavy atom. The van der Waals surface area contributed by atoms with E-state index in [0.29, 0.717) is 18.4 Å². The van der Waals surface area contributed by atoms with Crippen LogP contribution < -0.4 is 5.32 Å². The predicted molar refractivity (Wildman–Crippen MR) is 87.4 cm³/mol. The molecule has 0 unspecified atom stereocenters. The molecule has 0 saturated heterocycles. The summed E-state index contributed by atoms with van der Waals surface area (Å²) in [6, 6.07) is 0. The van der Waals surface area contributed by atoms with Gasteiger partial charge in [0.1, 0.15) is 11.3 Å². The van der Waals surface area contributed by atoms with E-state index in [2.05, 4.69) is 5.32 Å². The molecular weight excluding hydrogens is 294 g/mol. The van der Waals surface area contributed by atoms with E-state index in [4.69, 9.17) is 4.74 Å². The summed E-state index contributed by atoms with van der Waals surface area (Å²) in [7, 11) is 0. The molecule has 0 amide bonds. The molecule has 5 heteroatoms. The molecule has 2 aliphatic rings. The Kier molecular flexibility index (Phi) is 4.97. The second-order valence-electron chi connectivity index (χ2n) is 7.10. The Hall–Kier alpha value is -2.04. The lowest BCUT2D eigenvalue weighted by atomic mass is 9.68. The fraction of sp³-hybridized carbons (Fsp3) is 0.556. The topological polar surface area (TPSA) is 75.6 Å². The zero-order valence-electron chi connectivity index (χ0n) is 14.0. The molecule has 0 aromatic heterocycles. The van der Waals surface area contributed by atoms with Gasteiger partial charge in [-0.05, 0) is 39.7 Å². The summed E-state index contributed by atoms with van der Waals surface area (Å²) < 4.78 is 5.65. The van der Waals surface area contributed by atoms with Crippen LogP contribution in [-0.4, -0.2) is 22.6 Å². The summed E-state index contributed by atoms with van der Waals surface area (Å²) in [5, 5.41) is 12.4. The van der Waals surface area contributed by atoms with Gasteiger partial charge in [-0.1, -0.05) is 31.4 Å². The molecule has 1 aliphatic carbocycles. The molecule has 126 valence electrons. The van der Waals surface area contributed by atoms with E-state index in [-0.39, 0.29) is 11.7 Å². The number of carbonyl (C=O) groups excluding carboxylic acids is 1. The molecule has 5 nitrogen and oxygen atoms in total. The minimum Gasteiger partial charge on any atom is -0.477 e. The van der Waals surface area contributed by atoms with Gasteiger partial charge in [0.25, 0.3) is 0 Å². The fourth-order valence-electron chi connectivity index (χ4n) is 3.19. The highest BCUT2D eigenvalue weighted by atomic mass is 16.6. The van der Waals surface area contributed by atoms with Crippen molar-refractivity contribution in [2.75, 3.05) is 0 Å². The molecule has 23 heavy (non-hydrogen) atoms. The Morgan fingerprint density at radius 3 is 2.39 bits per heavy atom. The monoisotopic (exact) mass is 319 g/mol. The molecular formula is C18H25NO4. The highest BCUT2D eigenvalue weighted by molar-refractivity contribution is 5.92. The number of esters is 1. The summed E-state index contributed by atoms with van der Waals surface area (Å²) in [5.41, 5.74) is -0.924. The molecule has 0 aromatic rings. The highest BCUT2D eigenvalue weighted by Gasteiger charge is 2.46. The zero-order valence-corrected chi connectivity index (χ0v) is 14.0. The number of ether oxygens (including phenoxy) is 1. The number of rotatable bonds is 3. The second kappa shape index (κ2) is 6.60. The van der Waals surface area contributed by atoms with Crippen molar-refractivity contribution in [3.05, 3.63) is 35.7 Å². The van der Waals surface area contributed by atoms with E-state index in [1.807, 2.05) is 20.8 Å². The third-order valence-electron chi connectivity index (χ3n) is 4.19. The van der Waals surface area contributed by atoms with Crippen LogP contribution in [0.1, 0.15) is 52.9 Å². The fourth-order valence-corrected chi connectivity index (χ4v) is 3.19. The van der Waals surface area contributed by atoms with Crippen LogP contribution in [0.5, 0.6) is 0 Å². The maximum absolute atomic E-state index is 13.0. The first-order chi connectivity index (χ1) is 10.8. The van der Waals surface area contributed by atoms with Gasteiger partial charge < -0.3 is 15.2 Å². The van der Waals surface area contributed by atoms with Crippen LogP contribution in [0.3, 0.4) is 0 Å². The Labute approximate surface area is 137 Å². The van der Waals surface area contributed by atoms with Crippen LogP contribution >= 0.6 is 0 Å². The van der Waals surface area contributed by atoms with Gasteiger partial charge in [-0.2, -0.15) is 0 Å². The van der Waals surface area contributed by atoms with E-state index < -0.39 is 17.0 Å². The molecule has 1 saturated carbocycles. The van der Waals surface area contributed by atoms with Crippen molar-refractivity contribution < 1.29 is 19.4 Å². The Morgan fingerprint density at radius 2 is 1.83 bits per heavy atom. The van der Waals surface area contributed by atoms with Crippen molar-refractivity contribution in [3.8, 4) is 0 Å². The highest BCUT2D eigenvalue weighted by Crippen LogP contribution is 2.46. The van der Waals surface area contributed by atoms with E-state index >= 15 is 0 Å². The van der Waals surface area contributed by atoms with Gasteiger partial charge in [0, 0.05) is 11.8 Å². The summed E-state index contributed by atoms with van der Waals surface area (Å²) in [5.74, 6) is -1.39. The van der Waals surface area contributed by atoms with Crippen molar-refractivity contribution in [1.82, 2.24) is 5.32 Å². The lowest BCUT2D eigenvalue weighted by Crippen LogP contribution is -2.42. The number of hydrogen-bond donors (Lipinski definition) is 2. The third kappa shape index (κ3) is 3.84. The van der Waals surface area contributed by atoms with Gasteiger partial charge in [0.05, 0.1) is 5.41 Å². The van der Waals surface area contributed by atoms with Crippen molar-refractivity contribution in [1.29, 1.82) is 0 Å². The summed E-state index contributed by atoms with van der Waals surface area (Å²) in [6.45, 7) is 5.49. The van der Waals surface area contributed by atoms with Crippen molar-refractivity contribution in [3.63, 3.8) is 0 Å². The van der Waals surface area contributed by atoms with Crippen LogP contribution in [0.25, 0.3) is 0 Å². The molecule has 1 heterocycles. The molecule has 2 N–H and O–H groups in total. The third-order valence-corrected chi connectivity index (χ3v) is 4.19. The van der Waals surface area contributed by atoms with Crippen LogP contribution in [-0.2, 0) is 14.3 Å². The van der Waals surface area contributed by atoms with Gasteiger partial charge in [-0.3, -0.25) is 4.79 Å². The summed E-state index contributed by atoms with van der Waals surface area (Å²) in [4.78, 5) is 24.7. The standard InChI is InChI=1S/C18H25NO4/c1-17(2,3)23-16(22)18(10-6-4-7-11-18)13-9-5-8-12-19-14(13)15(20)21/h5,8-9,12,19H,4,6-7,10-11H2,1-3H3,(H,20,21). The predicted octanol–water partition coefficient (Wildman–Crippen LogP) is 3.29. The molecule has 2 rings (SSSR count). The number of nitrogens with one attached hydrogen (secondary N) is 1. The number of allylic oxidation sites excluding steroid dienone is 3. The van der Waals surface area contributed by atoms with Crippen molar-refractivity contribution in [2.24, 2.45) is 5.41 Å². The van der Waals surface area contributed by atoms with Crippen molar-refractivity contribution >= 4 is 11.9 Å². The number of carboxylic acids is 1. The normalized spacial score (nSPS) is 20.7. The van der Waals surface area contributed by atoms with Gasteiger partial charge in [0.15, 0.2) is 0 Å². The SMILES string of the molecule is CC(C)(C)OC(=O)C1(C2=C(C(=O)O)NC=CC=C2)CCCCC1. The van der Waals surface area contributed by atoms with Crippen LogP contribution in [0.15, 0.2) is 35.7 Å². The molecule has 1 aliphatic heterocycles. The van der Waals surface area contributed by atoms with Crippen LogP contribution in [0.2, 0.25) is 0 Å². The molecule has 1 fully saturated rings. The van der Waals surface area contributed by atoms with Gasteiger partial charge in [-0.25, -0.2) is 4.79 Å². The molecule has 0 atom stereocenters. The molecule has 0 spiro atoms. The molecule has 0 aromatic carbocycles. The first kappa shape index (κ1) is 17.3. The number of carboxylic acid groups (broad SMARTS) is 1. The smallest absolute Gasteiger partial charge is 0.352 e. The average molecular weight is 319 g/mol. The van der Waals surface area contributed by atoms with Crippen LogP contribution in [0.4, 0.5) is 0 Å². The molecule has 0 bridgehead atoms. The Balaban J connectivity index is 2.52. The minimum atomic E-state index is -1.07. The number of hydrogen-bond acceptors (Lipinski definition) is 4. The largest absolute Gasteiger partial charge is 0.477 e. The van der Waals surface area contributed by atoms with Crippen molar-refractivity contribution in [2.45, 2.75) is 58.5 Å². The second-order valence-corrected chi connectivity index (χ2v) is 7.10. The zero-order chi connectivity index (χ0) is 17.1. The van der Waals surface area contributed by atoms with E-state index in [9.17, 15) is 14.7 Å². The first-order valence-corrected chi connectivity index (χ1v) is 8.07. The van der Waals surface area contributed by atoms with E-state index in [1.165, 1.54) is 0 Å². The number of aliphatic carboxylic acids is 1. The Bertz CT molecular complexity index is 572. The maximum Gasteiger partial charge on any atom is 0.352 e. The minimum absolute atomic E-state index is 0.0581. The molecule has 0 radical (unpaired) electrons. The van der Waals surface area contributed by atoms with Crippen LogP contribution in [0, 0.1) is 5.41 Å². The van der Waals surface area contributed by atoms with Gasteiger partial charge >= 0.3 is 11.9 Å². The van der Waals surface area contributed by atoms with Gasteiger partial charge in [-0.15, -0.1) is 0 Å². The van der Waals surface area contributed by atoms with Gasteiger partial charge in [0.2, 0.25) is 0 Å².